The van der Waals surface area contributed by atoms with Crippen LogP contribution in [0.15, 0.2) is 16.6 Å². The molecule has 15 heavy (non-hydrogen) atoms. The van der Waals surface area contributed by atoms with E-state index in [0.717, 1.165) is 15.8 Å². The highest BCUT2D eigenvalue weighted by atomic mass is 79.9. The highest BCUT2D eigenvalue weighted by molar-refractivity contribution is 9.10. The quantitative estimate of drug-likeness (QED) is 0.872. The zero-order chi connectivity index (χ0) is 11.4. The summed E-state index contributed by atoms with van der Waals surface area (Å²) in [6.45, 7) is 0.362. The molecule has 4 N–H and O–H groups in total. The van der Waals surface area contributed by atoms with Gasteiger partial charge in [0.15, 0.2) is 0 Å². The second kappa shape index (κ2) is 5.34. The average Bonchev–Trinajstić information content (AvgIpc) is 2.27. The first-order chi connectivity index (χ1) is 7.13. The zero-order valence-corrected chi connectivity index (χ0v) is 10.4. The van der Waals surface area contributed by atoms with Crippen LogP contribution in [0, 0.1) is 0 Å². The minimum absolute atomic E-state index is 0.248. The maximum Gasteiger partial charge on any atom is 0.133 e. The summed E-state index contributed by atoms with van der Waals surface area (Å²) in [7, 11) is 3.20. The van der Waals surface area contributed by atoms with Crippen molar-refractivity contribution in [3.8, 4) is 11.5 Å². The Hall–Kier alpha value is -0.780. The van der Waals surface area contributed by atoms with Crippen LogP contribution in [-0.2, 0) is 0 Å². The van der Waals surface area contributed by atoms with E-state index in [1.165, 1.54) is 0 Å². The molecule has 0 radical (unpaired) electrons. The van der Waals surface area contributed by atoms with E-state index in [-0.39, 0.29) is 6.04 Å². The summed E-state index contributed by atoms with van der Waals surface area (Å²) in [4.78, 5) is 0. The van der Waals surface area contributed by atoms with Gasteiger partial charge in [-0.1, -0.05) is 0 Å². The van der Waals surface area contributed by atoms with Crippen molar-refractivity contribution in [2.24, 2.45) is 11.5 Å². The van der Waals surface area contributed by atoms with Gasteiger partial charge in [-0.2, -0.15) is 0 Å². The summed E-state index contributed by atoms with van der Waals surface area (Å²) in [5.41, 5.74) is 12.2. The smallest absolute Gasteiger partial charge is 0.133 e. The van der Waals surface area contributed by atoms with Gasteiger partial charge in [-0.25, -0.2) is 0 Å². The van der Waals surface area contributed by atoms with E-state index in [0.29, 0.717) is 12.3 Å². The van der Waals surface area contributed by atoms with Crippen LogP contribution >= 0.6 is 15.9 Å². The van der Waals surface area contributed by atoms with Gasteiger partial charge < -0.3 is 20.9 Å². The van der Waals surface area contributed by atoms with E-state index in [4.69, 9.17) is 20.9 Å². The second-order valence-corrected chi connectivity index (χ2v) is 3.93. The summed E-state index contributed by atoms with van der Waals surface area (Å²) in [5, 5.41) is 0. The first kappa shape index (κ1) is 12.3. The molecular weight excluding hydrogens is 260 g/mol. The van der Waals surface area contributed by atoms with Crippen LogP contribution in [0.4, 0.5) is 0 Å². The predicted molar refractivity (Wildman–Crippen MR) is 63.2 cm³/mol. The number of hydrogen-bond donors (Lipinski definition) is 2. The molecule has 0 amide bonds. The van der Waals surface area contributed by atoms with E-state index < -0.39 is 0 Å². The molecule has 5 heteroatoms. The van der Waals surface area contributed by atoms with Crippen molar-refractivity contribution in [2.45, 2.75) is 6.04 Å². The van der Waals surface area contributed by atoms with Gasteiger partial charge >= 0.3 is 0 Å². The Morgan fingerprint density at radius 2 is 1.87 bits per heavy atom. The molecule has 0 aromatic heterocycles. The minimum atomic E-state index is -0.248. The maximum atomic E-state index is 5.87. The molecule has 1 atom stereocenters. The summed E-state index contributed by atoms with van der Waals surface area (Å²) >= 11 is 3.38. The monoisotopic (exact) mass is 274 g/mol. The Bertz CT molecular complexity index is 344. The van der Waals surface area contributed by atoms with E-state index in [2.05, 4.69) is 15.9 Å². The first-order valence-electron chi connectivity index (χ1n) is 4.51. The summed E-state index contributed by atoms with van der Waals surface area (Å²) in [6, 6.07) is 3.41. The van der Waals surface area contributed by atoms with Crippen LogP contribution in [0.3, 0.4) is 0 Å². The molecule has 0 spiro atoms. The Morgan fingerprint density at radius 1 is 1.27 bits per heavy atom. The van der Waals surface area contributed by atoms with Crippen LogP contribution in [0.2, 0.25) is 0 Å². The van der Waals surface area contributed by atoms with Gasteiger partial charge in [0.25, 0.3) is 0 Å². The third-order valence-corrected chi connectivity index (χ3v) is 2.78. The normalized spacial score (nSPS) is 12.3. The maximum absolute atomic E-state index is 5.87. The molecule has 1 rings (SSSR count). The SMILES string of the molecule is COc1cc([C@H](N)CN)c(OC)cc1Br. The lowest BCUT2D eigenvalue weighted by Gasteiger charge is -2.16. The third kappa shape index (κ3) is 2.62. The van der Waals surface area contributed by atoms with Crippen molar-refractivity contribution in [2.75, 3.05) is 20.8 Å². The lowest BCUT2D eigenvalue weighted by atomic mass is 10.1. The predicted octanol–water partition coefficient (Wildman–Crippen LogP) is 1.42. The van der Waals surface area contributed by atoms with E-state index in [1.807, 2.05) is 12.1 Å². The van der Waals surface area contributed by atoms with Gasteiger partial charge in [-0.3, -0.25) is 0 Å². The molecule has 0 fully saturated rings. The topological polar surface area (TPSA) is 70.5 Å². The highest BCUT2D eigenvalue weighted by Gasteiger charge is 2.14. The van der Waals surface area contributed by atoms with Crippen LogP contribution in [0.5, 0.6) is 11.5 Å². The van der Waals surface area contributed by atoms with Crippen molar-refractivity contribution in [1.29, 1.82) is 0 Å². The number of benzene rings is 1. The molecule has 0 bridgehead atoms. The Balaban J connectivity index is 3.22. The van der Waals surface area contributed by atoms with Crippen molar-refractivity contribution in [3.63, 3.8) is 0 Å². The third-order valence-electron chi connectivity index (χ3n) is 2.16. The molecule has 0 saturated carbocycles. The van der Waals surface area contributed by atoms with Crippen LogP contribution in [0.25, 0.3) is 0 Å². The van der Waals surface area contributed by atoms with Crippen molar-refractivity contribution < 1.29 is 9.47 Å². The molecule has 0 unspecified atom stereocenters. The van der Waals surface area contributed by atoms with Crippen LogP contribution in [-0.4, -0.2) is 20.8 Å². The fraction of sp³-hybridized carbons (Fsp3) is 0.400. The highest BCUT2D eigenvalue weighted by Crippen LogP contribution is 2.34. The molecule has 0 saturated heterocycles. The van der Waals surface area contributed by atoms with Gasteiger partial charge in [-0.15, -0.1) is 0 Å². The Labute approximate surface area is 97.7 Å². The van der Waals surface area contributed by atoms with Gasteiger partial charge in [-0.05, 0) is 28.1 Å². The van der Waals surface area contributed by atoms with Gasteiger partial charge in [0.05, 0.1) is 18.7 Å². The molecular formula is C10H15BrN2O2. The minimum Gasteiger partial charge on any atom is -0.496 e. The number of nitrogens with two attached hydrogens (primary N) is 2. The van der Waals surface area contributed by atoms with Gasteiger partial charge in [0, 0.05) is 18.2 Å². The Morgan fingerprint density at radius 3 is 2.33 bits per heavy atom. The molecule has 1 aromatic carbocycles. The summed E-state index contributed by atoms with van der Waals surface area (Å²) in [6.07, 6.45) is 0. The lowest BCUT2D eigenvalue weighted by Crippen LogP contribution is -2.21. The zero-order valence-electron chi connectivity index (χ0n) is 8.79. The summed E-state index contributed by atoms with van der Waals surface area (Å²) in [5.74, 6) is 1.43. The Kier molecular flexibility index (Phi) is 4.38. The summed E-state index contributed by atoms with van der Waals surface area (Å²) < 4.78 is 11.2. The molecule has 0 aliphatic rings. The fourth-order valence-electron chi connectivity index (χ4n) is 1.30. The van der Waals surface area contributed by atoms with E-state index >= 15 is 0 Å². The fourth-order valence-corrected chi connectivity index (χ4v) is 1.79. The molecule has 0 heterocycles. The molecule has 84 valence electrons. The molecule has 1 aromatic rings. The largest absolute Gasteiger partial charge is 0.496 e. The van der Waals surface area contributed by atoms with Gasteiger partial charge in [0.2, 0.25) is 0 Å². The first-order valence-corrected chi connectivity index (χ1v) is 5.30. The van der Waals surface area contributed by atoms with E-state index in [1.54, 1.807) is 14.2 Å². The van der Waals surface area contributed by atoms with Crippen molar-refractivity contribution in [1.82, 2.24) is 0 Å². The second-order valence-electron chi connectivity index (χ2n) is 3.07. The average molecular weight is 275 g/mol. The van der Waals surface area contributed by atoms with Crippen molar-refractivity contribution in [3.05, 3.63) is 22.2 Å². The molecule has 4 nitrogen and oxygen atoms in total. The number of ether oxygens (including phenoxy) is 2. The lowest BCUT2D eigenvalue weighted by molar-refractivity contribution is 0.393. The van der Waals surface area contributed by atoms with E-state index in [9.17, 15) is 0 Å². The van der Waals surface area contributed by atoms with Crippen LogP contribution < -0.4 is 20.9 Å². The number of rotatable bonds is 4. The van der Waals surface area contributed by atoms with Crippen molar-refractivity contribution >= 4 is 15.9 Å². The van der Waals surface area contributed by atoms with Crippen LogP contribution in [0.1, 0.15) is 11.6 Å². The van der Waals surface area contributed by atoms with Gasteiger partial charge in [0.1, 0.15) is 11.5 Å². The molecule has 0 aliphatic carbocycles. The standard InChI is InChI=1S/C10H15BrN2O2/c1-14-9-4-7(11)10(15-2)3-6(9)8(13)5-12/h3-4,8H,5,12-13H2,1-2H3/t8-/m1/s1. The number of hydrogen-bond acceptors (Lipinski definition) is 4. The molecule has 0 aliphatic heterocycles. The number of methoxy groups -OCH3 is 2. The number of halogens is 1.